The molecule has 4 rings (SSSR count). The van der Waals surface area contributed by atoms with Crippen molar-refractivity contribution in [2.45, 2.75) is 116 Å². The molecule has 0 amide bonds. The molecule has 0 aromatic carbocycles. The van der Waals surface area contributed by atoms with Crippen LogP contribution in [-0.4, -0.2) is 243 Å². The van der Waals surface area contributed by atoms with E-state index in [1.54, 1.807) is 0 Å². The van der Waals surface area contributed by atoms with Crippen molar-refractivity contribution in [1.82, 2.24) is 0 Å². The van der Waals surface area contributed by atoms with Gasteiger partial charge in [0.15, 0.2) is 18.9 Å². The van der Waals surface area contributed by atoms with Gasteiger partial charge in [-0.25, -0.2) is 0 Å². The molecule has 4 saturated heterocycles. The van der Waals surface area contributed by atoms with Crippen LogP contribution in [0.2, 0.25) is 0 Å². The Kier molecular flexibility index (Phi) is 19.3. The predicted molar refractivity (Wildman–Crippen MR) is 148 cm³/mol. The molecule has 4 fully saturated rings. The molecule has 0 bridgehead atoms. The van der Waals surface area contributed by atoms with Crippen LogP contribution in [0.15, 0.2) is 0 Å². The molecule has 0 radical (unpaired) electrons. The Morgan fingerprint density at radius 1 is 0.429 bits per heavy atom. The van der Waals surface area contributed by atoms with Crippen LogP contribution in [0.1, 0.15) is 0 Å². The van der Waals surface area contributed by atoms with Gasteiger partial charge in [-0.15, -0.1) is 0 Å². The second-order valence-electron chi connectivity index (χ2n) is 11.3. The Morgan fingerprint density at radius 2 is 0.796 bits per heavy atom. The first-order valence-corrected chi connectivity index (χ1v) is 14.1. The predicted octanol–water partition coefficient (Wildman–Crippen LogP) is -13.0. The maximum atomic E-state index is 10.5. The van der Waals surface area contributed by atoms with Crippen LogP contribution in [0.4, 0.5) is 0 Å². The van der Waals surface area contributed by atoms with Gasteiger partial charge < -0.3 is 127 Å². The summed E-state index contributed by atoms with van der Waals surface area (Å²) in [4.78, 5) is 0. The zero-order valence-electron chi connectivity index (χ0n) is 25.5. The third-order valence-electron chi connectivity index (χ3n) is 8.26. The van der Waals surface area contributed by atoms with Crippen molar-refractivity contribution in [2.24, 2.45) is 0 Å². The van der Waals surface area contributed by atoms with E-state index in [2.05, 4.69) is 0 Å². The molecule has 4 aliphatic heterocycles. The molecule has 4 heterocycles. The fourth-order valence-electron chi connectivity index (χ4n) is 5.39. The number of rotatable bonds is 11. The lowest BCUT2D eigenvalue weighted by molar-refractivity contribution is -0.388. The summed E-state index contributed by atoms with van der Waals surface area (Å²) in [6, 6.07) is 0. The first-order chi connectivity index (χ1) is 21.2. The summed E-state index contributed by atoms with van der Waals surface area (Å²) in [6.45, 7) is -4.02. The van der Waals surface area contributed by atoms with Crippen LogP contribution in [0.3, 0.4) is 0 Å². The number of ether oxygens (including phenoxy) is 7. The summed E-state index contributed by atoms with van der Waals surface area (Å²) in [5.74, 6) is -2.43. The lowest BCUT2D eigenvalue weighted by Crippen LogP contribution is -2.64. The van der Waals surface area contributed by atoms with Crippen LogP contribution in [0, 0.1) is 0 Å². The summed E-state index contributed by atoms with van der Waals surface area (Å²) < 4.78 is 37.6. The first-order valence-electron chi connectivity index (χ1n) is 14.1. The largest absolute Gasteiger partial charge is 0.412 e. The maximum Gasteiger partial charge on any atom is 0.224 e. The Morgan fingerprint density at radius 3 is 1.18 bits per heavy atom. The lowest BCUT2D eigenvalue weighted by Gasteiger charge is -2.45. The molecule has 25 nitrogen and oxygen atoms in total. The van der Waals surface area contributed by atoms with Gasteiger partial charge in [-0.1, -0.05) is 0 Å². The average molecular weight is 739 g/mol. The molecule has 0 saturated carbocycles. The Balaban J connectivity index is 0.00000576. The van der Waals surface area contributed by atoms with Gasteiger partial charge in [0.2, 0.25) is 5.79 Å². The minimum Gasteiger partial charge on any atom is -0.412 e. The van der Waals surface area contributed by atoms with E-state index in [1.165, 1.54) is 0 Å². The van der Waals surface area contributed by atoms with Gasteiger partial charge in [-0.05, 0) is 0 Å². The maximum absolute atomic E-state index is 10.5. The minimum absolute atomic E-state index is 0. The normalized spacial score (nSPS) is 48.4. The molecule has 25 heteroatoms. The first kappa shape index (κ1) is 48.0. The SMILES string of the molecule is O.O.O.O.OC[C@H]1O[C@H](OC[C@H]2O[C@H](OC[C@H]3O[C@H](O[C@]4(CO)O[C@H](CO)[C@@H](O)[C@@H]4O)[C@H](O)[C@@H](O)[C@@H]3O)[C@H](O)[C@H](O)[C@H]2O)[C@H](O)[C@H](O)[C@H]1O. The van der Waals surface area contributed by atoms with Gasteiger partial charge >= 0.3 is 0 Å². The van der Waals surface area contributed by atoms with E-state index in [0.717, 1.165) is 0 Å². The van der Waals surface area contributed by atoms with Gasteiger partial charge in [0.1, 0.15) is 98.2 Å². The molecular weight excluding hydrogens is 688 g/mol. The van der Waals surface area contributed by atoms with Crippen LogP contribution in [-0.2, 0) is 33.2 Å². The van der Waals surface area contributed by atoms with Crippen molar-refractivity contribution in [3.05, 3.63) is 0 Å². The molecule has 0 aromatic rings. The van der Waals surface area contributed by atoms with Gasteiger partial charge in [0, 0.05) is 0 Å². The summed E-state index contributed by atoms with van der Waals surface area (Å²) in [6.07, 6.45) is -31.4. The van der Waals surface area contributed by atoms with Crippen LogP contribution in [0.5, 0.6) is 0 Å². The van der Waals surface area contributed by atoms with Crippen LogP contribution in [0.25, 0.3) is 0 Å². The molecule has 0 aliphatic carbocycles. The van der Waals surface area contributed by atoms with Crippen molar-refractivity contribution < 1.29 is 127 Å². The van der Waals surface area contributed by atoms with Gasteiger partial charge in [0.25, 0.3) is 0 Å². The van der Waals surface area contributed by atoms with E-state index in [-0.39, 0.29) is 21.9 Å². The Bertz CT molecular complexity index is 935. The van der Waals surface area contributed by atoms with Gasteiger partial charge in [0.05, 0.1) is 26.4 Å². The average Bonchev–Trinajstić information content (AvgIpc) is 3.28. The fourth-order valence-corrected chi connectivity index (χ4v) is 5.39. The van der Waals surface area contributed by atoms with Crippen LogP contribution < -0.4 is 0 Å². The molecule has 296 valence electrons. The van der Waals surface area contributed by atoms with Crippen LogP contribution >= 0.6 is 0 Å². The molecule has 19 atom stereocenters. The second-order valence-corrected chi connectivity index (χ2v) is 11.3. The second kappa shape index (κ2) is 19.7. The van der Waals surface area contributed by atoms with Gasteiger partial charge in [-0.3, -0.25) is 0 Å². The van der Waals surface area contributed by atoms with E-state index in [4.69, 9.17) is 33.2 Å². The highest BCUT2D eigenvalue weighted by Gasteiger charge is 2.58. The summed E-state index contributed by atoms with van der Waals surface area (Å²) in [5, 5.41) is 141. The third-order valence-corrected chi connectivity index (χ3v) is 8.26. The van der Waals surface area contributed by atoms with E-state index in [9.17, 15) is 71.5 Å². The van der Waals surface area contributed by atoms with E-state index in [1.807, 2.05) is 0 Å². The van der Waals surface area contributed by atoms with Crippen molar-refractivity contribution in [3.63, 3.8) is 0 Å². The molecule has 22 N–H and O–H groups in total. The molecule has 0 unspecified atom stereocenters. The zero-order valence-corrected chi connectivity index (χ0v) is 25.5. The quantitative estimate of drug-likeness (QED) is 0.0935. The van der Waals surface area contributed by atoms with Crippen molar-refractivity contribution in [3.8, 4) is 0 Å². The number of hydrogen-bond donors (Lipinski definition) is 14. The lowest BCUT2D eigenvalue weighted by atomic mass is 9.98. The van der Waals surface area contributed by atoms with E-state index >= 15 is 0 Å². The number of aliphatic hydroxyl groups excluding tert-OH is 14. The van der Waals surface area contributed by atoms with Crippen molar-refractivity contribution in [1.29, 1.82) is 0 Å². The monoisotopic (exact) mass is 738 g/mol. The Hall–Kier alpha value is -1.00. The van der Waals surface area contributed by atoms with Gasteiger partial charge in [-0.2, -0.15) is 0 Å². The number of hydrogen-bond acceptors (Lipinski definition) is 21. The molecule has 0 spiro atoms. The Labute approximate surface area is 276 Å². The molecule has 4 aliphatic rings. The smallest absolute Gasteiger partial charge is 0.224 e. The standard InChI is InChI=1S/C24H42O21.4H2O/c25-1-6-10(28)14(32)17(35)21(41-6)39-3-8-11(29)15(33)18(36)22(42-8)40-4-9-12(30)16(34)19(37)23(43-9)45-24(5-27)20(38)13(31)7(2-26)44-24;;;;/h6-23,25-38H,1-5H2;4*1H2/t6-,7-,8-,9-,10+,11+,12-,13-,14-,15-,16+,17-,18-,19-,20+,21+,22+,23-,24+;;;;/m1..../s1. The summed E-state index contributed by atoms with van der Waals surface area (Å²) in [7, 11) is 0. The highest BCUT2D eigenvalue weighted by Crippen LogP contribution is 2.36. The van der Waals surface area contributed by atoms with Crippen molar-refractivity contribution in [2.75, 3.05) is 33.0 Å². The summed E-state index contributed by atoms with van der Waals surface area (Å²) >= 11 is 0. The third kappa shape index (κ3) is 9.52. The van der Waals surface area contributed by atoms with Crippen molar-refractivity contribution >= 4 is 0 Å². The highest BCUT2D eigenvalue weighted by atomic mass is 16.8. The highest BCUT2D eigenvalue weighted by molar-refractivity contribution is 4.99. The van der Waals surface area contributed by atoms with E-state index < -0.39 is 149 Å². The molecule has 0 aromatic heterocycles. The fraction of sp³-hybridized carbons (Fsp3) is 1.00. The molecule has 49 heavy (non-hydrogen) atoms. The van der Waals surface area contributed by atoms with E-state index in [0.29, 0.717) is 0 Å². The summed E-state index contributed by atoms with van der Waals surface area (Å²) in [5.41, 5.74) is 0. The molecular formula is C24H50O25. The minimum atomic E-state index is -2.43. The number of aliphatic hydroxyl groups is 14. The topological polar surface area (TPSA) is 474 Å². The zero-order chi connectivity index (χ0) is 33.4.